The molecule has 1 aliphatic rings. The Morgan fingerprint density at radius 3 is 2.41 bits per heavy atom. The maximum Gasteiger partial charge on any atom is 0.251 e. The van der Waals surface area contributed by atoms with Crippen LogP contribution >= 0.6 is 0 Å². The highest BCUT2D eigenvalue weighted by atomic mass is 16.5. The predicted octanol–water partition coefficient (Wildman–Crippen LogP) is 4.39. The number of nitrogens with two attached hydrogens (primary N) is 1. The normalized spacial score (nSPS) is 14.4. The van der Waals surface area contributed by atoms with Crippen molar-refractivity contribution < 1.29 is 14.3 Å². The first-order chi connectivity index (χ1) is 15.5. The molecule has 0 radical (unpaired) electrons. The molecule has 6 heteroatoms. The summed E-state index contributed by atoms with van der Waals surface area (Å²) < 4.78 is 13.7. The first kappa shape index (κ1) is 22.1. The van der Waals surface area contributed by atoms with E-state index in [0.717, 1.165) is 79.8 Å². The van der Waals surface area contributed by atoms with E-state index in [1.165, 1.54) is 0 Å². The largest absolute Gasteiger partial charge is 0.457 e. The van der Waals surface area contributed by atoms with Gasteiger partial charge in [-0.15, -0.1) is 0 Å². The van der Waals surface area contributed by atoms with Gasteiger partial charge in [-0.2, -0.15) is 0 Å². The Morgan fingerprint density at radius 2 is 1.69 bits per heavy atom. The molecule has 4 rings (SSSR count). The quantitative estimate of drug-likeness (QED) is 0.572. The van der Waals surface area contributed by atoms with E-state index in [9.17, 15) is 4.79 Å². The maximum atomic E-state index is 12.4. The fourth-order valence-corrected chi connectivity index (χ4v) is 4.49. The third-order valence-electron chi connectivity index (χ3n) is 6.09. The summed E-state index contributed by atoms with van der Waals surface area (Å²) in [5, 5.41) is 0. The zero-order chi connectivity index (χ0) is 22.5. The third kappa shape index (κ3) is 4.87. The molecule has 1 saturated heterocycles. The van der Waals surface area contributed by atoms with Gasteiger partial charge in [-0.3, -0.25) is 9.69 Å². The molecule has 1 aliphatic heterocycles. The number of ether oxygens (including phenoxy) is 2. The molecule has 0 aliphatic carbocycles. The summed E-state index contributed by atoms with van der Waals surface area (Å²) >= 11 is 0. The second kappa shape index (κ2) is 10.0. The number of morpholine rings is 1. The van der Waals surface area contributed by atoms with Gasteiger partial charge in [0, 0.05) is 43.1 Å². The van der Waals surface area contributed by atoms with Gasteiger partial charge >= 0.3 is 0 Å². The number of benzene rings is 2. The summed E-state index contributed by atoms with van der Waals surface area (Å²) in [5.74, 6) is 1.09. The maximum absolute atomic E-state index is 12.4. The molecule has 168 valence electrons. The van der Waals surface area contributed by atoms with Crippen LogP contribution < -0.4 is 10.5 Å². The fraction of sp³-hybridized carbons (Fsp3) is 0.346. The lowest BCUT2D eigenvalue weighted by Crippen LogP contribution is -2.37. The van der Waals surface area contributed by atoms with Crippen molar-refractivity contribution in [2.75, 3.05) is 32.8 Å². The zero-order valence-corrected chi connectivity index (χ0v) is 18.8. The van der Waals surface area contributed by atoms with E-state index in [-0.39, 0.29) is 0 Å². The monoisotopic (exact) mass is 433 g/mol. The van der Waals surface area contributed by atoms with Crippen LogP contribution in [-0.4, -0.2) is 48.2 Å². The third-order valence-corrected chi connectivity index (χ3v) is 6.09. The topological polar surface area (TPSA) is 69.7 Å². The van der Waals surface area contributed by atoms with Crippen molar-refractivity contribution in [1.29, 1.82) is 0 Å². The van der Waals surface area contributed by atoms with Crippen LogP contribution in [0, 0.1) is 13.8 Å². The van der Waals surface area contributed by atoms with E-state index >= 15 is 0 Å². The van der Waals surface area contributed by atoms with Crippen LogP contribution in [0.15, 0.2) is 54.6 Å². The Labute approximate surface area is 189 Å². The molecule has 6 nitrogen and oxygen atoms in total. The van der Waals surface area contributed by atoms with Gasteiger partial charge in [-0.25, -0.2) is 0 Å². The zero-order valence-electron chi connectivity index (χ0n) is 18.8. The standard InChI is InChI=1S/C26H31N3O3/c1-19-24(21-8-6-11-23(18-21)32-22-9-4-3-5-10-22)25(26(27)30)20(2)29(19)13-7-12-28-14-16-31-17-15-28/h3-6,8-11,18H,7,12-17H2,1-2H3,(H2,27,30). The number of amides is 1. The van der Waals surface area contributed by atoms with Gasteiger partial charge < -0.3 is 19.8 Å². The predicted molar refractivity (Wildman–Crippen MR) is 126 cm³/mol. The Kier molecular flexibility index (Phi) is 6.93. The molecule has 1 amide bonds. The lowest BCUT2D eigenvalue weighted by atomic mass is 10.00. The molecule has 2 heterocycles. The molecule has 0 bridgehead atoms. The van der Waals surface area contributed by atoms with E-state index in [1.54, 1.807) is 0 Å². The molecule has 2 N–H and O–H groups in total. The Hall–Kier alpha value is -3.09. The molecule has 0 unspecified atom stereocenters. The van der Waals surface area contributed by atoms with E-state index < -0.39 is 5.91 Å². The second-order valence-corrected chi connectivity index (χ2v) is 8.19. The number of nitrogens with zero attached hydrogens (tertiary/aromatic N) is 2. The van der Waals surface area contributed by atoms with Gasteiger partial charge in [0.15, 0.2) is 0 Å². The molecular formula is C26H31N3O3. The number of rotatable bonds is 8. The van der Waals surface area contributed by atoms with Crippen molar-refractivity contribution in [3.63, 3.8) is 0 Å². The van der Waals surface area contributed by atoms with Gasteiger partial charge in [0.1, 0.15) is 11.5 Å². The number of carbonyl (C=O) groups is 1. The van der Waals surface area contributed by atoms with Crippen molar-refractivity contribution >= 4 is 5.91 Å². The van der Waals surface area contributed by atoms with Crippen molar-refractivity contribution in [2.45, 2.75) is 26.8 Å². The average molecular weight is 434 g/mol. The first-order valence-corrected chi connectivity index (χ1v) is 11.2. The molecule has 1 aromatic heterocycles. The van der Waals surface area contributed by atoms with Crippen LogP contribution in [0.4, 0.5) is 0 Å². The van der Waals surface area contributed by atoms with Crippen molar-refractivity contribution in [3.05, 3.63) is 71.5 Å². The van der Waals surface area contributed by atoms with Gasteiger partial charge in [0.25, 0.3) is 5.91 Å². The molecule has 0 spiro atoms. The van der Waals surface area contributed by atoms with Crippen LogP contribution in [0.1, 0.15) is 28.2 Å². The molecule has 32 heavy (non-hydrogen) atoms. The van der Waals surface area contributed by atoms with Crippen LogP contribution in [0.2, 0.25) is 0 Å². The minimum Gasteiger partial charge on any atom is -0.457 e. The average Bonchev–Trinajstić information content (AvgIpc) is 3.05. The summed E-state index contributed by atoms with van der Waals surface area (Å²) in [5.41, 5.74) is 10.2. The molecule has 1 fully saturated rings. The number of para-hydroxylation sites is 1. The molecule has 0 saturated carbocycles. The highest BCUT2D eigenvalue weighted by Gasteiger charge is 2.23. The summed E-state index contributed by atoms with van der Waals surface area (Å²) in [6.07, 6.45) is 1.01. The van der Waals surface area contributed by atoms with E-state index in [2.05, 4.69) is 16.4 Å². The smallest absolute Gasteiger partial charge is 0.251 e. The molecule has 3 aromatic rings. The van der Waals surface area contributed by atoms with Gasteiger partial charge in [0.2, 0.25) is 0 Å². The Balaban J connectivity index is 1.60. The van der Waals surface area contributed by atoms with Gasteiger partial charge in [-0.05, 0) is 50.1 Å². The lowest BCUT2D eigenvalue weighted by molar-refractivity contribution is 0.0369. The Bertz CT molecular complexity index is 1070. The number of hydrogen-bond acceptors (Lipinski definition) is 4. The van der Waals surface area contributed by atoms with E-state index in [4.69, 9.17) is 15.2 Å². The van der Waals surface area contributed by atoms with Crippen LogP contribution in [0.3, 0.4) is 0 Å². The molecule has 0 atom stereocenters. The number of hydrogen-bond donors (Lipinski definition) is 1. The van der Waals surface area contributed by atoms with Crippen LogP contribution in [0.25, 0.3) is 11.1 Å². The molecular weight excluding hydrogens is 402 g/mol. The minimum atomic E-state index is -0.401. The van der Waals surface area contributed by atoms with Crippen LogP contribution in [-0.2, 0) is 11.3 Å². The Morgan fingerprint density at radius 1 is 0.969 bits per heavy atom. The first-order valence-electron chi connectivity index (χ1n) is 11.2. The van der Waals surface area contributed by atoms with Gasteiger partial charge in [-0.1, -0.05) is 30.3 Å². The summed E-state index contributed by atoms with van der Waals surface area (Å²) in [4.78, 5) is 14.9. The highest BCUT2D eigenvalue weighted by molar-refractivity contribution is 6.02. The number of primary amides is 1. The second-order valence-electron chi connectivity index (χ2n) is 8.19. The van der Waals surface area contributed by atoms with Crippen molar-refractivity contribution in [1.82, 2.24) is 9.47 Å². The van der Waals surface area contributed by atoms with Gasteiger partial charge in [0.05, 0.1) is 18.8 Å². The van der Waals surface area contributed by atoms with E-state index in [0.29, 0.717) is 5.56 Å². The number of aromatic nitrogens is 1. The SMILES string of the molecule is Cc1c(C(N)=O)c(-c2cccc(Oc3ccccc3)c2)c(C)n1CCCN1CCOCC1. The molecule has 2 aromatic carbocycles. The van der Waals surface area contributed by atoms with Crippen molar-refractivity contribution in [2.24, 2.45) is 5.73 Å². The fourth-order valence-electron chi connectivity index (χ4n) is 4.49. The summed E-state index contributed by atoms with van der Waals surface area (Å²) in [6, 6.07) is 17.5. The lowest BCUT2D eigenvalue weighted by Gasteiger charge is -2.26. The van der Waals surface area contributed by atoms with Crippen molar-refractivity contribution in [3.8, 4) is 22.6 Å². The van der Waals surface area contributed by atoms with E-state index in [1.807, 2.05) is 61.5 Å². The summed E-state index contributed by atoms with van der Waals surface area (Å²) in [7, 11) is 0. The highest BCUT2D eigenvalue weighted by Crippen LogP contribution is 2.35. The number of carbonyl (C=O) groups excluding carboxylic acids is 1. The van der Waals surface area contributed by atoms with Crippen LogP contribution in [0.5, 0.6) is 11.5 Å². The summed E-state index contributed by atoms with van der Waals surface area (Å²) in [6.45, 7) is 9.48. The minimum absolute atomic E-state index is 0.401.